The zero-order valence-electron chi connectivity index (χ0n) is 15.0. The number of anilines is 1. The lowest BCUT2D eigenvalue weighted by Crippen LogP contribution is -2.24. The van der Waals surface area contributed by atoms with Gasteiger partial charge in [0.2, 0.25) is 0 Å². The first-order valence-corrected chi connectivity index (χ1v) is 8.51. The number of carbonyl (C=O) groups is 1. The first kappa shape index (κ1) is 18.4. The average molecular weight is 396 g/mol. The van der Waals surface area contributed by atoms with Crippen molar-refractivity contribution < 1.29 is 18.7 Å². The molecule has 1 amide bonds. The van der Waals surface area contributed by atoms with Crippen molar-refractivity contribution in [2.75, 3.05) is 5.32 Å². The number of aromatic amines is 1. The molecule has 146 valence electrons. The van der Waals surface area contributed by atoms with Crippen LogP contribution in [0, 0.1) is 18.6 Å². The lowest BCUT2D eigenvalue weighted by molar-refractivity contribution is 0.102. The molecule has 9 heteroatoms. The third-order valence-electron chi connectivity index (χ3n) is 4.39. The van der Waals surface area contributed by atoms with Gasteiger partial charge < -0.3 is 15.4 Å². The van der Waals surface area contributed by atoms with Crippen LogP contribution in [0.1, 0.15) is 15.9 Å². The number of nitrogens with zero attached hydrogens (tertiary/aromatic N) is 2. The molecule has 0 radical (unpaired) electrons. The van der Waals surface area contributed by atoms with Crippen LogP contribution in [0.15, 0.2) is 53.5 Å². The average Bonchev–Trinajstić information content (AvgIpc) is 3.09. The fourth-order valence-electron chi connectivity index (χ4n) is 2.96. The van der Waals surface area contributed by atoms with E-state index in [-0.39, 0.29) is 16.7 Å². The summed E-state index contributed by atoms with van der Waals surface area (Å²) in [7, 11) is 0. The Balaban J connectivity index is 1.78. The summed E-state index contributed by atoms with van der Waals surface area (Å²) in [6, 6.07) is 9.45. The van der Waals surface area contributed by atoms with Crippen LogP contribution < -0.4 is 10.9 Å². The molecule has 0 aliphatic heterocycles. The summed E-state index contributed by atoms with van der Waals surface area (Å²) in [5.74, 6) is -2.68. The molecule has 2 aromatic heterocycles. The number of hydrogen-bond donors (Lipinski definition) is 3. The van der Waals surface area contributed by atoms with E-state index in [0.29, 0.717) is 11.3 Å². The summed E-state index contributed by atoms with van der Waals surface area (Å²) in [4.78, 5) is 27.5. The molecule has 29 heavy (non-hydrogen) atoms. The highest BCUT2D eigenvalue weighted by Gasteiger charge is 2.22. The van der Waals surface area contributed by atoms with Crippen molar-refractivity contribution in [2.45, 2.75) is 6.92 Å². The highest BCUT2D eigenvalue weighted by Crippen LogP contribution is 2.27. The number of carbonyl (C=O) groups excluding carboxylic acids is 1. The van der Waals surface area contributed by atoms with Gasteiger partial charge in [0, 0.05) is 0 Å². The van der Waals surface area contributed by atoms with Crippen molar-refractivity contribution in [3.8, 4) is 11.4 Å². The maximum absolute atomic E-state index is 13.9. The monoisotopic (exact) mass is 396 g/mol. The Labute approximate surface area is 162 Å². The summed E-state index contributed by atoms with van der Waals surface area (Å²) < 4.78 is 28.4. The molecule has 0 atom stereocenters. The minimum atomic E-state index is -0.968. The number of aromatic hydroxyl groups is 1. The summed E-state index contributed by atoms with van der Waals surface area (Å²) in [6.45, 7) is 1.72. The first-order valence-electron chi connectivity index (χ1n) is 8.51. The number of fused-ring (bicyclic) bond motifs is 1. The van der Waals surface area contributed by atoms with Crippen LogP contribution in [0.5, 0.6) is 5.75 Å². The van der Waals surface area contributed by atoms with Crippen molar-refractivity contribution in [1.82, 2.24) is 14.8 Å². The van der Waals surface area contributed by atoms with Gasteiger partial charge in [0.25, 0.3) is 11.5 Å². The van der Waals surface area contributed by atoms with Gasteiger partial charge in [-0.25, -0.2) is 13.5 Å². The SMILES string of the molecule is Cc1ccc(F)c(NC(=O)c2c(O)c3cnn(-c4ccc(F)cc4)c3[nH]c2=O)c1. The van der Waals surface area contributed by atoms with E-state index in [1.54, 1.807) is 6.92 Å². The molecule has 0 aliphatic carbocycles. The number of nitrogens with one attached hydrogen (secondary N) is 2. The predicted molar refractivity (Wildman–Crippen MR) is 102 cm³/mol. The Hall–Kier alpha value is -4.01. The maximum atomic E-state index is 13.9. The van der Waals surface area contributed by atoms with E-state index in [1.165, 1.54) is 53.3 Å². The smallest absolute Gasteiger partial charge is 0.266 e. The van der Waals surface area contributed by atoms with Crippen LogP contribution in [0.25, 0.3) is 16.7 Å². The lowest BCUT2D eigenvalue weighted by atomic mass is 10.1. The van der Waals surface area contributed by atoms with Crippen molar-refractivity contribution in [3.63, 3.8) is 0 Å². The van der Waals surface area contributed by atoms with Crippen LogP contribution in [0.4, 0.5) is 14.5 Å². The van der Waals surface area contributed by atoms with E-state index >= 15 is 0 Å². The molecule has 2 heterocycles. The highest BCUT2D eigenvalue weighted by atomic mass is 19.1. The van der Waals surface area contributed by atoms with Crippen LogP contribution in [-0.4, -0.2) is 25.8 Å². The molecule has 0 saturated carbocycles. The molecular formula is C20H14F2N4O3. The second-order valence-corrected chi connectivity index (χ2v) is 6.41. The zero-order valence-corrected chi connectivity index (χ0v) is 15.0. The van der Waals surface area contributed by atoms with Gasteiger partial charge in [-0.3, -0.25) is 9.59 Å². The number of rotatable bonds is 3. The molecule has 0 unspecified atom stereocenters. The fraction of sp³-hybridized carbons (Fsp3) is 0.0500. The Morgan fingerprint density at radius 1 is 1.17 bits per heavy atom. The van der Waals surface area contributed by atoms with E-state index in [2.05, 4.69) is 15.4 Å². The number of aryl methyl sites for hydroxylation is 1. The van der Waals surface area contributed by atoms with Crippen molar-refractivity contribution in [3.05, 3.63) is 81.8 Å². The van der Waals surface area contributed by atoms with E-state index in [1.807, 2.05) is 0 Å². The normalized spacial score (nSPS) is 11.0. The Morgan fingerprint density at radius 3 is 2.62 bits per heavy atom. The van der Waals surface area contributed by atoms with Crippen LogP contribution in [0.2, 0.25) is 0 Å². The summed E-state index contributed by atoms with van der Waals surface area (Å²) in [5, 5.41) is 17.0. The largest absolute Gasteiger partial charge is 0.506 e. The first-order chi connectivity index (χ1) is 13.8. The molecule has 0 aliphatic rings. The van der Waals surface area contributed by atoms with E-state index in [9.17, 15) is 23.5 Å². The van der Waals surface area contributed by atoms with E-state index in [0.717, 1.165) is 0 Å². The minimum Gasteiger partial charge on any atom is -0.506 e. The number of H-pyrrole nitrogens is 1. The van der Waals surface area contributed by atoms with Crippen molar-refractivity contribution in [1.29, 1.82) is 0 Å². The van der Waals surface area contributed by atoms with Gasteiger partial charge in [0.1, 0.15) is 28.6 Å². The molecule has 3 N–H and O–H groups in total. The molecule has 4 rings (SSSR count). The number of pyridine rings is 1. The number of benzene rings is 2. The van der Waals surface area contributed by atoms with Crippen LogP contribution in [0.3, 0.4) is 0 Å². The second-order valence-electron chi connectivity index (χ2n) is 6.41. The van der Waals surface area contributed by atoms with Gasteiger partial charge in [-0.15, -0.1) is 0 Å². The summed E-state index contributed by atoms with van der Waals surface area (Å²) in [5.41, 5.74) is -0.305. The Bertz CT molecular complexity index is 1310. The lowest BCUT2D eigenvalue weighted by Gasteiger charge is -2.09. The summed E-state index contributed by atoms with van der Waals surface area (Å²) in [6.07, 6.45) is 1.26. The van der Waals surface area contributed by atoms with Crippen molar-refractivity contribution in [2.24, 2.45) is 0 Å². The standard InChI is InChI=1S/C20H14F2N4O3/c1-10-2-7-14(22)15(8-10)24-19(28)16-17(27)13-9-23-26(18(13)25-20(16)29)12-5-3-11(21)4-6-12/h2-9H,1H3,(H,24,28)(H2,25,27,29). The van der Waals surface area contributed by atoms with Crippen LogP contribution >= 0.6 is 0 Å². The van der Waals surface area contributed by atoms with E-state index in [4.69, 9.17) is 0 Å². The number of hydrogen-bond acceptors (Lipinski definition) is 4. The highest BCUT2D eigenvalue weighted by molar-refractivity contribution is 6.08. The molecule has 2 aromatic carbocycles. The molecule has 0 fully saturated rings. The van der Waals surface area contributed by atoms with Gasteiger partial charge in [0.15, 0.2) is 0 Å². The van der Waals surface area contributed by atoms with Crippen molar-refractivity contribution >= 4 is 22.6 Å². The zero-order chi connectivity index (χ0) is 20.7. The maximum Gasteiger partial charge on any atom is 0.266 e. The Kier molecular flexibility index (Phi) is 4.34. The molecule has 0 bridgehead atoms. The summed E-state index contributed by atoms with van der Waals surface area (Å²) >= 11 is 0. The third-order valence-corrected chi connectivity index (χ3v) is 4.39. The van der Waals surface area contributed by atoms with Gasteiger partial charge in [0.05, 0.1) is 23.0 Å². The Morgan fingerprint density at radius 2 is 1.90 bits per heavy atom. The second kappa shape index (κ2) is 6.86. The molecule has 0 saturated heterocycles. The van der Waals surface area contributed by atoms with Gasteiger partial charge >= 0.3 is 0 Å². The number of aromatic nitrogens is 3. The minimum absolute atomic E-state index is 0.101. The number of amides is 1. The van der Waals surface area contributed by atoms with Gasteiger partial charge in [-0.1, -0.05) is 6.07 Å². The molecule has 7 nitrogen and oxygen atoms in total. The number of halogens is 2. The molecule has 4 aromatic rings. The van der Waals surface area contributed by atoms with Gasteiger partial charge in [-0.05, 0) is 48.9 Å². The molecule has 0 spiro atoms. The quantitative estimate of drug-likeness (QED) is 0.495. The van der Waals surface area contributed by atoms with Gasteiger partial charge in [-0.2, -0.15) is 5.10 Å². The molecular weight excluding hydrogens is 382 g/mol. The van der Waals surface area contributed by atoms with E-state index < -0.39 is 34.4 Å². The topological polar surface area (TPSA) is 100 Å². The fourth-order valence-corrected chi connectivity index (χ4v) is 2.96. The predicted octanol–water partition coefficient (Wildman–Crippen LogP) is 3.26. The van der Waals surface area contributed by atoms with Crippen LogP contribution in [-0.2, 0) is 0 Å². The third kappa shape index (κ3) is 3.22.